The summed E-state index contributed by atoms with van der Waals surface area (Å²) in [4.78, 5) is 4.92. The minimum atomic E-state index is 0.0562. The molecule has 0 aromatic heterocycles. The molecule has 0 aliphatic carbocycles. The van der Waals surface area contributed by atoms with E-state index in [4.69, 9.17) is 5.73 Å². The molecule has 19 heavy (non-hydrogen) atoms. The van der Waals surface area contributed by atoms with Crippen molar-refractivity contribution in [2.75, 3.05) is 31.6 Å². The predicted octanol–water partition coefficient (Wildman–Crippen LogP) is 3.00. The molecule has 1 aromatic rings. The lowest BCUT2D eigenvalue weighted by atomic mass is 10.0. The van der Waals surface area contributed by atoms with Gasteiger partial charge in [-0.3, -0.25) is 0 Å². The van der Waals surface area contributed by atoms with Gasteiger partial charge < -0.3 is 15.5 Å². The maximum Gasteiger partial charge on any atom is 0.0418 e. The summed E-state index contributed by atoms with van der Waals surface area (Å²) in [7, 11) is 2.20. The number of hydrogen-bond acceptors (Lipinski definition) is 3. The Balaban J connectivity index is 2.34. The highest BCUT2D eigenvalue weighted by atomic mass is 79.9. The van der Waals surface area contributed by atoms with Crippen LogP contribution in [0.15, 0.2) is 22.7 Å². The number of hydrogen-bond donors (Lipinski definition) is 1. The van der Waals surface area contributed by atoms with Gasteiger partial charge in [-0.25, -0.2) is 0 Å². The lowest BCUT2D eigenvalue weighted by molar-refractivity contribution is 0.337. The second-order valence-corrected chi connectivity index (χ2v) is 6.57. The van der Waals surface area contributed by atoms with Gasteiger partial charge in [-0.2, -0.15) is 0 Å². The van der Waals surface area contributed by atoms with Gasteiger partial charge in [0.2, 0.25) is 0 Å². The highest BCUT2D eigenvalue weighted by Gasteiger charge is 2.22. The molecule has 0 spiro atoms. The zero-order chi connectivity index (χ0) is 14.0. The van der Waals surface area contributed by atoms with Gasteiger partial charge in [-0.05, 0) is 57.6 Å². The standard InChI is InChI=1S/C15H24BrN3/c1-11-10-18(3)7-4-8-19(11)15-6-5-13(16)9-14(15)12(2)17/h5-6,9,11-12H,4,7-8,10,17H2,1-3H3. The van der Waals surface area contributed by atoms with Crippen LogP contribution in [0.25, 0.3) is 0 Å². The quantitative estimate of drug-likeness (QED) is 0.907. The average molecular weight is 326 g/mol. The number of rotatable bonds is 2. The molecular weight excluding hydrogens is 302 g/mol. The SMILES string of the molecule is CC(N)c1cc(Br)ccc1N1CCCN(C)CC1C. The van der Waals surface area contributed by atoms with Crippen LogP contribution in [0.5, 0.6) is 0 Å². The lowest BCUT2D eigenvalue weighted by Gasteiger charge is -2.32. The Hall–Kier alpha value is -0.580. The normalized spacial score (nSPS) is 23.2. The molecule has 106 valence electrons. The van der Waals surface area contributed by atoms with Gasteiger partial charge in [0.1, 0.15) is 0 Å². The molecular formula is C15H24BrN3. The van der Waals surface area contributed by atoms with E-state index in [1.165, 1.54) is 24.2 Å². The minimum Gasteiger partial charge on any atom is -0.367 e. The summed E-state index contributed by atoms with van der Waals surface area (Å²) in [5.74, 6) is 0. The average Bonchev–Trinajstić information content (AvgIpc) is 2.50. The topological polar surface area (TPSA) is 32.5 Å². The van der Waals surface area contributed by atoms with E-state index in [-0.39, 0.29) is 6.04 Å². The summed E-state index contributed by atoms with van der Waals surface area (Å²) in [6, 6.07) is 7.04. The number of benzene rings is 1. The van der Waals surface area contributed by atoms with Gasteiger partial charge in [0, 0.05) is 35.3 Å². The zero-order valence-electron chi connectivity index (χ0n) is 12.1. The van der Waals surface area contributed by atoms with Crippen LogP contribution in [0.4, 0.5) is 5.69 Å². The van der Waals surface area contributed by atoms with E-state index in [0.29, 0.717) is 6.04 Å². The minimum absolute atomic E-state index is 0.0562. The molecule has 2 atom stereocenters. The summed E-state index contributed by atoms with van der Waals surface area (Å²) >= 11 is 3.55. The molecule has 1 fully saturated rings. The fourth-order valence-electron chi connectivity index (χ4n) is 2.88. The van der Waals surface area contributed by atoms with Crippen LogP contribution in [-0.2, 0) is 0 Å². The molecule has 2 N–H and O–H groups in total. The van der Waals surface area contributed by atoms with E-state index in [2.05, 4.69) is 64.8 Å². The Labute approximate surface area is 124 Å². The molecule has 0 saturated carbocycles. The molecule has 1 aliphatic rings. The van der Waals surface area contributed by atoms with Crippen LogP contribution in [0.1, 0.15) is 31.9 Å². The molecule has 1 aromatic carbocycles. The Morgan fingerprint density at radius 3 is 2.79 bits per heavy atom. The van der Waals surface area contributed by atoms with E-state index in [9.17, 15) is 0 Å². The zero-order valence-corrected chi connectivity index (χ0v) is 13.7. The summed E-state index contributed by atoms with van der Waals surface area (Å²) in [5.41, 5.74) is 8.66. The molecule has 4 heteroatoms. The van der Waals surface area contributed by atoms with E-state index in [0.717, 1.165) is 17.6 Å². The Kier molecular flexibility index (Phi) is 4.87. The van der Waals surface area contributed by atoms with Crippen molar-refractivity contribution in [2.24, 2.45) is 5.73 Å². The molecule has 1 saturated heterocycles. The van der Waals surface area contributed by atoms with Crippen LogP contribution in [0.3, 0.4) is 0 Å². The van der Waals surface area contributed by atoms with Crippen LogP contribution in [0.2, 0.25) is 0 Å². The van der Waals surface area contributed by atoms with Gasteiger partial charge in [0.15, 0.2) is 0 Å². The van der Waals surface area contributed by atoms with Gasteiger partial charge in [0.25, 0.3) is 0 Å². The summed E-state index contributed by atoms with van der Waals surface area (Å²) in [6.07, 6.45) is 1.20. The van der Waals surface area contributed by atoms with Crippen molar-refractivity contribution in [3.05, 3.63) is 28.2 Å². The predicted molar refractivity (Wildman–Crippen MR) is 85.7 cm³/mol. The first-order chi connectivity index (χ1) is 8.99. The van der Waals surface area contributed by atoms with Gasteiger partial charge in [-0.1, -0.05) is 15.9 Å². The Morgan fingerprint density at radius 2 is 2.11 bits per heavy atom. The van der Waals surface area contributed by atoms with Crippen molar-refractivity contribution in [1.82, 2.24) is 4.90 Å². The Morgan fingerprint density at radius 1 is 1.37 bits per heavy atom. The van der Waals surface area contributed by atoms with E-state index in [1.807, 2.05) is 0 Å². The molecule has 0 radical (unpaired) electrons. The first kappa shape index (κ1) is 14.8. The molecule has 3 nitrogen and oxygen atoms in total. The maximum absolute atomic E-state index is 6.14. The van der Waals surface area contributed by atoms with Gasteiger partial charge in [-0.15, -0.1) is 0 Å². The van der Waals surface area contributed by atoms with Crippen molar-refractivity contribution in [1.29, 1.82) is 0 Å². The lowest BCUT2D eigenvalue weighted by Crippen LogP contribution is -2.38. The monoisotopic (exact) mass is 325 g/mol. The van der Waals surface area contributed by atoms with E-state index in [1.54, 1.807) is 0 Å². The number of nitrogens with zero attached hydrogens (tertiary/aromatic N) is 2. The third-order valence-corrected chi connectivity index (χ3v) is 4.33. The second kappa shape index (κ2) is 6.25. The second-order valence-electron chi connectivity index (χ2n) is 5.65. The largest absolute Gasteiger partial charge is 0.367 e. The molecule has 0 amide bonds. The third kappa shape index (κ3) is 3.50. The van der Waals surface area contributed by atoms with Crippen LogP contribution in [0, 0.1) is 0 Å². The van der Waals surface area contributed by atoms with Gasteiger partial charge >= 0.3 is 0 Å². The third-order valence-electron chi connectivity index (χ3n) is 3.84. The molecule has 2 unspecified atom stereocenters. The smallest absolute Gasteiger partial charge is 0.0418 e. The fourth-order valence-corrected chi connectivity index (χ4v) is 3.26. The van der Waals surface area contributed by atoms with Crippen LogP contribution >= 0.6 is 15.9 Å². The van der Waals surface area contributed by atoms with E-state index >= 15 is 0 Å². The summed E-state index contributed by atoms with van der Waals surface area (Å²) in [5, 5.41) is 0. The van der Waals surface area contributed by atoms with E-state index < -0.39 is 0 Å². The highest BCUT2D eigenvalue weighted by molar-refractivity contribution is 9.10. The number of nitrogens with two attached hydrogens (primary N) is 1. The number of likely N-dealkylation sites (N-methyl/N-ethyl adjacent to an activating group) is 1. The molecule has 2 rings (SSSR count). The van der Waals surface area contributed by atoms with Crippen molar-refractivity contribution < 1.29 is 0 Å². The summed E-state index contributed by atoms with van der Waals surface area (Å²) in [6.45, 7) is 7.74. The summed E-state index contributed by atoms with van der Waals surface area (Å²) < 4.78 is 1.10. The Bertz CT molecular complexity index is 433. The molecule has 0 bridgehead atoms. The molecule has 1 aliphatic heterocycles. The van der Waals surface area contributed by atoms with Crippen molar-refractivity contribution in [2.45, 2.75) is 32.4 Å². The molecule has 1 heterocycles. The number of halogens is 1. The highest BCUT2D eigenvalue weighted by Crippen LogP contribution is 2.30. The first-order valence-corrected chi connectivity index (χ1v) is 7.78. The number of anilines is 1. The first-order valence-electron chi connectivity index (χ1n) is 6.99. The van der Waals surface area contributed by atoms with Crippen LogP contribution < -0.4 is 10.6 Å². The van der Waals surface area contributed by atoms with Gasteiger partial charge in [0.05, 0.1) is 0 Å². The van der Waals surface area contributed by atoms with Crippen molar-refractivity contribution in [3.8, 4) is 0 Å². The van der Waals surface area contributed by atoms with Crippen molar-refractivity contribution >= 4 is 21.6 Å². The maximum atomic E-state index is 6.14. The van der Waals surface area contributed by atoms with Crippen LogP contribution in [-0.4, -0.2) is 37.6 Å². The fraction of sp³-hybridized carbons (Fsp3) is 0.600. The van der Waals surface area contributed by atoms with Crippen molar-refractivity contribution in [3.63, 3.8) is 0 Å².